The molecule has 1 heterocycles. The Balaban J connectivity index is 1.53. The van der Waals surface area contributed by atoms with Crippen LogP contribution in [0.1, 0.15) is 37.3 Å². The summed E-state index contributed by atoms with van der Waals surface area (Å²) >= 11 is 0. The minimum atomic E-state index is -3.45. The Kier molecular flexibility index (Phi) is 7.64. The second-order valence-electron chi connectivity index (χ2n) is 7.88. The van der Waals surface area contributed by atoms with E-state index < -0.39 is 10.0 Å². The molecule has 0 saturated carbocycles. The van der Waals surface area contributed by atoms with E-state index in [2.05, 4.69) is 36.5 Å². The molecule has 2 aromatic carbocycles. The van der Waals surface area contributed by atoms with Crippen molar-refractivity contribution >= 4 is 21.6 Å². The standard InChI is InChI=1S/C23H31N3O3S/c1-3-19-7-9-20(10-8-19)17-25(2)18-23(27)24-21-11-13-22(14-12-21)30(28,29)26-15-5-4-6-16-26/h7-14H,3-6,15-18H2,1-2H3,(H,24,27). The molecule has 1 saturated heterocycles. The van der Waals surface area contributed by atoms with Crippen LogP contribution in [-0.2, 0) is 27.8 Å². The second kappa shape index (κ2) is 10.2. The van der Waals surface area contributed by atoms with Gasteiger partial charge in [-0.25, -0.2) is 8.42 Å². The Morgan fingerprint density at radius 3 is 2.17 bits per heavy atom. The average Bonchev–Trinajstić information content (AvgIpc) is 2.75. The third kappa shape index (κ3) is 5.90. The van der Waals surface area contributed by atoms with Gasteiger partial charge >= 0.3 is 0 Å². The number of aryl methyl sites for hydroxylation is 1. The summed E-state index contributed by atoms with van der Waals surface area (Å²) < 4.78 is 27.0. The predicted molar refractivity (Wildman–Crippen MR) is 120 cm³/mol. The third-order valence-electron chi connectivity index (χ3n) is 5.39. The lowest BCUT2D eigenvalue weighted by Crippen LogP contribution is -2.35. The molecule has 1 aliphatic rings. The zero-order valence-electron chi connectivity index (χ0n) is 17.8. The fourth-order valence-electron chi connectivity index (χ4n) is 3.66. The van der Waals surface area contributed by atoms with Crippen LogP contribution in [0.15, 0.2) is 53.4 Å². The predicted octanol–water partition coefficient (Wildman–Crippen LogP) is 3.49. The largest absolute Gasteiger partial charge is 0.325 e. The third-order valence-corrected chi connectivity index (χ3v) is 7.30. The van der Waals surface area contributed by atoms with Gasteiger partial charge in [-0.2, -0.15) is 4.31 Å². The molecule has 0 unspecified atom stereocenters. The van der Waals surface area contributed by atoms with E-state index in [0.717, 1.165) is 31.2 Å². The van der Waals surface area contributed by atoms with Crippen LogP contribution in [0.3, 0.4) is 0 Å². The van der Waals surface area contributed by atoms with Gasteiger partial charge in [-0.05, 0) is 61.7 Å². The van der Waals surface area contributed by atoms with Crippen molar-refractivity contribution in [3.63, 3.8) is 0 Å². The van der Waals surface area contributed by atoms with E-state index in [-0.39, 0.29) is 17.3 Å². The summed E-state index contributed by atoms with van der Waals surface area (Å²) in [5, 5.41) is 2.85. The average molecular weight is 430 g/mol. The highest BCUT2D eigenvalue weighted by atomic mass is 32.2. The molecule has 0 aromatic heterocycles. The lowest BCUT2D eigenvalue weighted by Gasteiger charge is -2.25. The number of benzene rings is 2. The number of nitrogens with one attached hydrogen (secondary N) is 1. The van der Waals surface area contributed by atoms with Gasteiger partial charge in [-0.15, -0.1) is 0 Å². The Hall–Kier alpha value is -2.22. The summed E-state index contributed by atoms with van der Waals surface area (Å²) in [5.41, 5.74) is 3.05. The first-order chi connectivity index (χ1) is 14.4. The molecule has 1 amide bonds. The van der Waals surface area contributed by atoms with E-state index in [0.29, 0.717) is 25.3 Å². The number of piperidine rings is 1. The van der Waals surface area contributed by atoms with E-state index >= 15 is 0 Å². The molecule has 0 radical (unpaired) electrons. The zero-order valence-corrected chi connectivity index (χ0v) is 18.6. The Bertz CT molecular complexity index is 935. The van der Waals surface area contributed by atoms with Crippen LogP contribution in [0.5, 0.6) is 0 Å². The summed E-state index contributed by atoms with van der Waals surface area (Å²) in [5.74, 6) is -0.130. The maximum Gasteiger partial charge on any atom is 0.243 e. The lowest BCUT2D eigenvalue weighted by molar-refractivity contribution is -0.117. The van der Waals surface area contributed by atoms with Crippen LogP contribution < -0.4 is 5.32 Å². The first kappa shape index (κ1) is 22.5. The van der Waals surface area contributed by atoms with Gasteiger partial charge in [0.25, 0.3) is 0 Å². The number of anilines is 1. The topological polar surface area (TPSA) is 69.7 Å². The summed E-state index contributed by atoms with van der Waals surface area (Å²) in [6.45, 7) is 4.22. The highest BCUT2D eigenvalue weighted by Gasteiger charge is 2.25. The van der Waals surface area contributed by atoms with E-state index in [4.69, 9.17) is 0 Å². The van der Waals surface area contributed by atoms with E-state index in [1.165, 1.54) is 5.56 Å². The molecule has 1 aliphatic heterocycles. The molecule has 6 nitrogen and oxygen atoms in total. The van der Waals surface area contributed by atoms with E-state index in [1.54, 1.807) is 28.6 Å². The normalized spacial score (nSPS) is 15.3. The molecule has 2 aromatic rings. The molecule has 0 aliphatic carbocycles. The zero-order chi connectivity index (χ0) is 21.6. The molecule has 3 rings (SSSR count). The van der Waals surface area contributed by atoms with E-state index in [1.807, 2.05) is 11.9 Å². The maximum absolute atomic E-state index is 12.7. The number of hydrogen-bond donors (Lipinski definition) is 1. The summed E-state index contributed by atoms with van der Waals surface area (Å²) in [4.78, 5) is 14.6. The van der Waals surface area contributed by atoms with Crippen LogP contribution in [-0.4, -0.2) is 50.2 Å². The number of nitrogens with zero attached hydrogens (tertiary/aromatic N) is 2. The molecule has 0 spiro atoms. The highest BCUT2D eigenvalue weighted by Crippen LogP contribution is 2.22. The van der Waals surface area contributed by atoms with Crippen molar-refractivity contribution in [1.29, 1.82) is 0 Å². The van der Waals surface area contributed by atoms with Crippen molar-refractivity contribution in [1.82, 2.24) is 9.21 Å². The first-order valence-corrected chi connectivity index (χ1v) is 12.0. The fraction of sp³-hybridized carbons (Fsp3) is 0.435. The second-order valence-corrected chi connectivity index (χ2v) is 9.82. The lowest BCUT2D eigenvalue weighted by atomic mass is 10.1. The smallest absolute Gasteiger partial charge is 0.243 e. The van der Waals surface area contributed by atoms with Crippen molar-refractivity contribution < 1.29 is 13.2 Å². The van der Waals surface area contributed by atoms with Gasteiger partial charge in [-0.1, -0.05) is 37.6 Å². The molecule has 0 atom stereocenters. The summed E-state index contributed by atoms with van der Waals surface area (Å²) in [6, 6.07) is 14.8. The van der Waals surface area contributed by atoms with Crippen LogP contribution in [0, 0.1) is 0 Å². The van der Waals surface area contributed by atoms with Gasteiger partial charge in [0, 0.05) is 25.3 Å². The van der Waals surface area contributed by atoms with Gasteiger partial charge in [0.2, 0.25) is 15.9 Å². The number of carbonyl (C=O) groups excluding carboxylic acids is 1. The number of carbonyl (C=O) groups is 1. The minimum absolute atomic E-state index is 0.130. The molecule has 1 N–H and O–H groups in total. The Morgan fingerprint density at radius 1 is 0.967 bits per heavy atom. The van der Waals surface area contributed by atoms with Crippen molar-refractivity contribution in [2.24, 2.45) is 0 Å². The highest BCUT2D eigenvalue weighted by molar-refractivity contribution is 7.89. The molecule has 1 fully saturated rings. The number of sulfonamides is 1. The van der Waals surface area contributed by atoms with Gasteiger partial charge < -0.3 is 5.32 Å². The number of hydrogen-bond acceptors (Lipinski definition) is 4. The first-order valence-electron chi connectivity index (χ1n) is 10.5. The Morgan fingerprint density at radius 2 is 1.57 bits per heavy atom. The maximum atomic E-state index is 12.7. The molecule has 162 valence electrons. The summed E-state index contributed by atoms with van der Waals surface area (Å²) in [7, 11) is -1.55. The van der Waals surface area contributed by atoms with Crippen LogP contribution in [0.4, 0.5) is 5.69 Å². The summed E-state index contributed by atoms with van der Waals surface area (Å²) in [6.07, 6.45) is 3.90. The van der Waals surface area contributed by atoms with Crippen LogP contribution in [0.2, 0.25) is 0 Å². The number of likely N-dealkylation sites (N-methyl/N-ethyl adjacent to an activating group) is 1. The number of amides is 1. The molecular formula is C23H31N3O3S. The van der Waals surface area contributed by atoms with Crippen LogP contribution >= 0.6 is 0 Å². The number of rotatable bonds is 8. The molecule has 7 heteroatoms. The monoisotopic (exact) mass is 429 g/mol. The van der Waals surface area contributed by atoms with Crippen LogP contribution in [0.25, 0.3) is 0 Å². The van der Waals surface area contributed by atoms with E-state index in [9.17, 15) is 13.2 Å². The fourth-order valence-corrected chi connectivity index (χ4v) is 5.18. The van der Waals surface area contributed by atoms with Gasteiger partial charge in [0.15, 0.2) is 0 Å². The van der Waals surface area contributed by atoms with Crippen molar-refractivity contribution in [3.05, 3.63) is 59.7 Å². The van der Waals surface area contributed by atoms with Crippen molar-refractivity contribution in [2.45, 2.75) is 44.0 Å². The Labute approximate surface area is 179 Å². The SMILES string of the molecule is CCc1ccc(CN(C)CC(=O)Nc2ccc(S(=O)(=O)N3CCCCC3)cc2)cc1. The quantitative estimate of drug-likeness (QED) is 0.697. The van der Waals surface area contributed by atoms with Crippen molar-refractivity contribution in [2.75, 3.05) is 32.0 Å². The van der Waals surface area contributed by atoms with Gasteiger partial charge in [0.05, 0.1) is 11.4 Å². The minimum Gasteiger partial charge on any atom is -0.325 e. The van der Waals surface area contributed by atoms with Crippen molar-refractivity contribution in [3.8, 4) is 0 Å². The van der Waals surface area contributed by atoms with Gasteiger partial charge in [0.1, 0.15) is 0 Å². The molecular weight excluding hydrogens is 398 g/mol. The molecule has 30 heavy (non-hydrogen) atoms. The van der Waals surface area contributed by atoms with Gasteiger partial charge in [-0.3, -0.25) is 9.69 Å². The molecule has 0 bridgehead atoms.